The molecule has 0 saturated carbocycles. The van der Waals surface area contributed by atoms with Gasteiger partial charge in [-0.3, -0.25) is 0 Å². The second-order valence-corrected chi connectivity index (χ2v) is 6.94. The first-order valence-corrected chi connectivity index (χ1v) is 8.59. The van der Waals surface area contributed by atoms with Crippen molar-refractivity contribution in [3.05, 3.63) is 54.1 Å². The summed E-state index contributed by atoms with van der Waals surface area (Å²) in [6.07, 6.45) is 6.23. The summed E-state index contributed by atoms with van der Waals surface area (Å²) in [6.45, 7) is 0.169. The molecule has 0 radical (unpaired) electrons. The molecule has 1 N–H and O–H groups in total. The van der Waals surface area contributed by atoms with Crippen LogP contribution in [0.1, 0.15) is 12.0 Å². The van der Waals surface area contributed by atoms with Crippen LogP contribution >= 0.6 is 39.1 Å². The maximum atomic E-state index is 9.86. The second kappa shape index (κ2) is 7.30. The topological polar surface area (TPSA) is 29.5 Å². The van der Waals surface area contributed by atoms with E-state index in [-0.39, 0.29) is 6.61 Å². The Balaban J connectivity index is 2.34. The summed E-state index contributed by atoms with van der Waals surface area (Å²) in [5.74, 6) is 0. The molecule has 0 amide bonds. The fourth-order valence-electron chi connectivity index (χ4n) is 2.28. The van der Waals surface area contributed by atoms with Gasteiger partial charge in [0.15, 0.2) is 4.33 Å². The lowest BCUT2D eigenvalue weighted by molar-refractivity contribution is -0.0463. The van der Waals surface area contributed by atoms with Gasteiger partial charge in [-0.05, 0) is 23.6 Å². The van der Waals surface area contributed by atoms with Crippen molar-refractivity contribution < 1.29 is 9.84 Å². The SMILES string of the molecule is OCC1(OCCCBr)C=CC=C(c2ccccc2)C1(Cl)Cl. The maximum absolute atomic E-state index is 9.86. The predicted octanol–water partition coefficient (Wildman–Crippen LogP) is 4.35. The molecule has 1 aliphatic rings. The zero-order valence-corrected chi connectivity index (χ0v) is 14.5. The van der Waals surface area contributed by atoms with Crippen molar-refractivity contribution in [3.63, 3.8) is 0 Å². The van der Waals surface area contributed by atoms with Gasteiger partial charge in [0.2, 0.25) is 0 Å². The fraction of sp³-hybridized carbons (Fsp3) is 0.375. The van der Waals surface area contributed by atoms with Gasteiger partial charge < -0.3 is 9.84 Å². The van der Waals surface area contributed by atoms with E-state index in [1.54, 1.807) is 6.08 Å². The van der Waals surface area contributed by atoms with Crippen molar-refractivity contribution in [1.82, 2.24) is 0 Å². The Morgan fingerprint density at radius 1 is 1.19 bits per heavy atom. The van der Waals surface area contributed by atoms with Gasteiger partial charge in [-0.1, -0.05) is 81.6 Å². The Morgan fingerprint density at radius 2 is 1.90 bits per heavy atom. The lowest BCUT2D eigenvalue weighted by atomic mass is 9.85. The summed E-state index contributed by atoms with van der Waals surface area (Å²) < 4.78 is 4.50. The van der Waals surface area contributed by atoms with Crippen molar-refractivity contribution in [1.29, 1.82) is 0 Å². The van der Waals surface area contributed by atoms with Crippen molar-refractivity contribution in [2.75, 3.05) is 18.5 Å². The normalized spacial score (nSPS) is 23.9. The number of alkyl halides is 3. The summed E-state index contributed by atoms with van der Waals surface area (Å²) in [5, 5.41) is 10.7. The van der Waals surface area contributed by atoms with E-state index in [2.05, 4.69) is 15.9 Å². The van der Waals surface area contributed by atoms with Crippen LogP contribution < -0.4 is 0 Å². The molecule has 0 aliphatic heterocycles. The molecule has 1 atom stereocenters. The lowest BCUT2D eigenvalue weighted by Gasteiger charge is -2.42. The maximum Gasteiger partial charge on any atom is 0.178 e. The molecular formula is C16H17BrCl2O2. The summed E-state index contributed by atoms with van der Waals surface area (Å²) >= 11 is 16.6. The van der Waals surface area contributed by atoms with Crippen molar-refractivity contribution >= 4 is 44.7 Å². The number of rotatable bonds is 6. The standard InChI is InChI=1S/C16H17BrCl2O2/c17-10-5-11-21-15(12-20)9-4-8-14(16(15,18)19)13-6-2-1-3-7-13/h1-4,6-9,20H,5,10-12H2. The Labute approximate surface area is 143 Å². The molecule has 0 bridgehead atoms. The van der Waals surface area contributed by atoms with Crippen LogP contribution in [0.5, 0.6) is 0 Å². The minimum atomic E-state index is -1.36. The van der Waals surface area contributed by atoms with Crippen LogP contribution in [-0.2, 0) is 4.74 Å². The zero-order valence-electron chi connectivity index (χ0n) is 11.4. The Kier molecular flexibility index (Phi) is 5.92. The van der Waals surface area contributed by atoms with E-state index < -0.39 is 9.93 Å². The van der Waals surface area contributed by atoms with Gasteiger partial charge in [0.05, 0.1) is 6.61 Å². The van der Waals surface area contributed by atoms with Gasteiger partial charge in [0.1, 0.15) is 5.60 Å². The Morgan fingerprint density at radius 3 is 2.52 bits per heavy atom. The highest BCUT2D eigenvalue weighted by molar-refractivity contribution is 9.09. The predicted molar refractivity (Wildman–Crippen MR) is 92.2 cm³/mol. The van der Waals surface area contributed by atoms with E-state index in [9.17, 15) is 5.11 Å². The van der Waals surface area contributed by atoms with E-state index in [0.717, 1.165) is 22.9 Å². The van der Waals surface area contributed by atoms with Crippen LogP contribution in [-0.4, -0.2) is 33.6 Å². The number of ether oxygens (including phenoxy) is 1. The van der Waals surface area contributed by atoms with Crippen LogP contribution in [0.15, 0.2) is 48.6 Å². The smallest absolute Gasteiger partial charge is 0.178 e. The molecule has 0 fully saturated rings. The molecule has 0 heterocycles. The molecule has 21 heavy (non-hydrogen) atoms. The average molecular weight is 392 g/mol. The minimum absolute atomic E-state index is 0.289. The summed E-state index contributed by atoms with van der Waals surface area (Å²) in [4.78, 5) is 0. The number of aliphatic hydroxyl groups is 1. The number of hydrogen-bond acceptors (Lipinski definition) is 2. The number of allylic oxidation sites excluding steroid dienone is 2. The summed E-state index contributed by atoms with van der Waals surface area (Å²) in [7, 11) is 0. The molecule has 2 rings (SSSR count). The van der Waals surface area contributed by atoms with E-state index in [1.807, 2.05) is 42.5 Å². The fourth-order valence-corrected chi connectivity index (χ4v) is 3.21. The van der Waals surface area contributed by atoms with E-state index in [4.69, 9.17) is 27.9 Å². The van der Waals surface area contributed by atoms with Gasteiger partial charge in [0.25, 0.3) is 0 Å². The molecule has 1 aromatic carbocycles. The minimum Gasteiger partial charge on any atom is -0.393 e. The number of aliphatic hydroxyl groups excluding tert-OH is 1. The quantitative estimate of drug-likeness (QED) is 0.577. The number of benzene rings is 1. The highest BCUT2D eigenvalue weighted by Crippen LogP contribution is 2.49. The molecule has 0 aromatic heterocycles. The van der Waals surface area contributed by atoms with Crippen LogP contribution in [0.4, 0.5) is 0 Å². The van der Waals surface area contributed by atoms with E-state index >= 15 is 0 Å². The first-order chi connectivity index (χ1) is 10.1. The molecule has 0 saturated heterocycles. The van der Waals surface area contributed by atoms with Crippen LogP contribution in [0, 0.1) is 0 Å². The summed E-state index contributed by atoms with van der Waals surface area (Å²) in [5.41, 5.74) is 0.494. The molecule has 1 unspecified atom stereocenters. The third-order valence-electron chi connectivity index (χ3n) is 3.46. The van der Waals surface area contributed by atoms with Crippen LogP contribution in [0.25, 0.3) is 5.57 Å². The van der Waals surface area contributed by atoms with Gasteiger partial charge in [-0.2, -0.15) is 0 Å². The molecule has 1 aliphatic carbocycles. The van der Waals surface area contributed by atoms with Crippen LogP contribution in [0.2, 0.25) is 0 Å². The first kappa shape index (κ1) is 17.0. The Bertz CT molecular complexity index is 528. The van der Waals surface area contributed by atoms with E-state index in [0.29, 0.717) is 6.61 Å². The highest BCUT2D eigenvalue weighted by atomic mass is 79.9. The number of hydrogen-bond donors (Lipinski definition) is 1. The number of halogens is 3. The largest absolute Gasteiger partial charge is 0.393 e. The monoisotopic (exact) mass is 390 g/mol. The Hall–Kier alpha value is -0.320. The summed E-state index contributed by atoms with van der Waals surface area (Å²) in [6, 6.07) is 9.64. The van der Waals surface area contributed by atoms with Crippen molar-refractivity contribution in [3.8, 4) is 0 Å². The first-order valence-electron chi connectivity index (χ1n) is 6.71. The zero-order chi connectivity index (χ0) is 15.3. The molecule has 2 nitrogen and oxygen atoms in total. The molecule has 1 aromatic rings. The average Bonchev–Trinajstić information content (AvgIpc) is 2.50. The molecular weight excluding hydrogens is 375 g/mol. The van der Waals surface area contributed by atoms with Gasteiger partial charge in [-0.25, -0.2) is 0 Å². The van der Waals surface area contributed by atoms with E-state index in [1.165, 1.54) is 0 Å². The molecule has 0 spiro atoms. The van der Waals surface area contributed by atoms with Crippen molar-refractivity contribution in [2.45, 2.75) is 16.4 Å². The molecule has 114 valence electrons. The van der Waals surface area contributed by atoms with Gasteiger partial charge >= 0.3 is 0 Å². The highest BCUT2D eigenvalue weighted by Gasteiger charge is 2.52. The lowest BCUT2D eigenvalue weighted by Crippen LogP contribution is -2.52. The molecule has 5 heteroatoms. The third kappa shape index (κ3) is 3.38. The third-order valence-corrected chi connectivity index (χ3v) is 5.06. The second-order valence-electron chi connectivity index (χ2n) is 4.82. The van der Waals surface area contributed by atoms with Crippen molar-refractivity contribution in [2.24, 2.45) is 0 Å². The van der Waals surface area contributed by atoms with Gasteiger partial charge in [0, 0.05) is 11.9 Å². The van der Waals surface area contributed by atoms with Crippen LogP contribution in [0.3, 0.4) is 0 Å². The van der Waals surface area contributed by atoms with Gasteiger partial charge in [-0.15, -0.1) is 0 Å².